The Labute approximate surface area is 107 Å². The van der Waals surface area contributed by atoms with E-state index in [-0.39, 0.29) is 0 Å². The third kappa shape index (κ3) is 3.85. The maximum absolute atomic E-state index is 3.74. The zero-order valence-electron chi connectivity index (χ0n) is 12.2. The normalized spacial score (nSPS) is 15.0. The van der Waals surface area contributed by atoms with Crippen LogP contribution in [0.4, 0.5) is 0 Å². The minimum atomic E-state index is 0.433. The maximum atomic E-state index is 3.74. The molecule has 0 bridgehead atoms. The van der Waals surface area contributed by atoms with Crippen molar-refractivity contribution in [1.29, 1.82) is 0 Å². The largest absolute Gasteiger partial charge is 0.307 e. The quantitative estimate of drug-likeness (QED) is 0.795. The molecular formula is C16H27N. The van der Waals surface area contributed by atoms with Crippen molar-refractivity contribution in [2.75, 3.05) is 0 Å². The van der Waals surface area contributed by atoms with Crippen LogP contribution in [0.5, 0.6) is 0 Å². The highest BCUT2D eigenvalue weighted by Gasteiger charge is 2.15. The van der Waals surface area contributed by atoms with Gasteiger partial charge in [-0.2, -0.15) is 0 Å². The van der Waals surface area contributed by atoms with Crippen LogP contribution in [-0.2, 0) is 0 Å². The van der Waals surface area contributed by atoms with Crippen molar-refractivity contribution in [2.24, 2.45) is 5.92 Å². The maximum Gasteiger partial charge on any atom is 0.0297 e. The molecule has 0 aromatic heterocycles. The number of hydrogen-bond acceptors (Lipinski definition) is 1. The molecular weight excluding hydrogens is 206 g/mol. The van der Waals surface area contributed by atoms with Crippen molar-refractivity contribution in [3.05, 3.63) is 34.9 Å². The van der Waals surface area contributed by atoms with Crippen LogP contribution in [0.25, 0.3) is 0 Å². The highest BCUT2D eigenvalue weighted by atomic mass is 14.9. The van der Waals surface area contributed by atoms with E-state index in [9.17, 15) is 0 Å². The first kappa shape index (κ1) is 14.2. The summed E-state index contributed by atoms with van der Waals surface area (Å²) in [5, 5.41) is 3.74. The van der Waals surface area contributed by atoms with Gasteiger partial charge in [0.25, 0.3) is 0 Å². The summed E-state index contributed by atoms with van der Waals surface area (Å²) in [4.78, 5) is 0. The first-order valence-corrected chi connectivity index (χ1v) is 6.78. The summed E-state index contributed by atoms with van der Waals surface area (Å²) in [6.07, 6.45) is 1.19. The Morgan fingerprint density at radius 3 is 2.24 bits per heavy atom. The molecule has 1 nitrogen and oxygen atoms in total. The molecule has 1 rings (SSSR count). The van der Waals surface area contributed by atoms with Gasteiger partial charge in [0.05, 0.1) is 0 Å². The summed E-state index contributed by atoms with van der Waals surface area (Å²) in [5.41, 5.74) is 4.16. The molecule has 0 amide bonds. The molecule has 1 aromatic rings. The van der Waals surface area contributed by atoms with Crippen LogP contribution in [0.2, 0.25) is 0 Å². The van der Waals surface area contributed by atoms with Crippen molar-refractivity contribution in [3.63, 3.8) is 0 Å². The molecule has 0 heterocycles. The highest BCUT2D eigenvalue weighted by molar-refractivity contribution is 5.32. The molecule has 1 N–H and O–H groups in total. The van der Waals surface area contributed by atoms with Gasteiger partial charge in [-0.05, 0) is 44.2 Å². The van der Waals surface area contributed by atoms with E-state index in [4.69, 9.17) is 0 Å². The van der Waals surface area contributed by atoms with E-state index in [1.165, 1.54) is 23.1 Å². The molecule has 1 aromatic carbocycles. The van der Waals surface area contributed by atoms with Crippen molar-refractivity contribution >= 4 is 0 Å². The predicted molar refractivity (Wildman–Crippen MR) is 76.4 cm³/mol. The molecule has 0 saturated heterocycles. The molecule has 0 aliphatic carbocycles. The second kappa shape index (κ2) is 6.20. The third-order valence-electron chi connectivity index (χ3n) is 3.60. The van der Waals surface area contributed by atoms with E-state index in [1.807, 2.05) is 0 Å². The molecule has 2 atom stereocenters. The predicted octanol–water partition coefficient (Wildman–Crippen LogP) is 4.39. The molecule has 17 heavy (non-hydrogen) atoms. The van der Waals surface area contributed by atoms with Crippen LogP contribution >= 0.6 is 0 Å². The van der Waals surface area contributed by atoms with Gasteiger partial charge in [-0.15, -0.1) is 0 Å². The van der Waals surface area contributed by atoms with Crippen LogP contribution in [0.3, 0.4) is 0 Å². The lowest BCUT2D eigenvalue weighted by Crippen LogP contribution is -2.35. The Kier molecular flexibility index (Phi) is 5.20. The van der Waals surface area contributed by atoms with Gasteiger partial charge in [0.15, 0.2) is 0 Å². The molecule has 0 aliphatic rings. The molecule has 0 spiro atoms. The Morgan fingerprint density at radius 2 is 1.76 bits per heavy atom. The highest BCUT2D eigenvalue weighted by Crippen LogP contribution is 2.20. The van der Waals surface area contributed by atoms with Crippen LogP contribution in [-0.4, -0.2) is 6.04 Å². The summed E-state index contributed by atoms with van der Waals surface area (Å²) < 4.78 is 0. The Balaban J connectivity index is 2.78. The van der Waals surface area contributed by atoms with Gasteiger partial charge < -0.3 is 5.32 Å². The summed E-state index contributed by atoms with van der Waals surface area (Å²) in [6.45, 7) is 13.5. The van der Waals surface area contributed by atoms with Gasteiger partial charge >= 0.3 is 0 Å². The van der Waals surface area contributed by atoms with Crippen molar-refractivity contribution < 1.29 is 0 Å². The second-order valence-electron chi connectivity index (χ2n) is 5.51. The monoisotopic (exact) mass is 233 g/mol. The number of rotatable bonds is 5. The molecule has 0 fully saturated rings. The first-order valence-electron chi connectivity index (χ1n) is 6.78. The fourth-order valence-electron chi connectivity index (χ4n) is 2.50. The number of aryl methyl sites for hydroxylation is 2. The first-order chi connectivity index (χ1) is 7.95. The van der Waals surface area contributed by atoms with Crippen LogP contribution in [0.15, 0.2) is 18.2 Å². The van der Waals surface area contributed by atoms with Gasteiger partial charge in [-0.25, -0.2) is 0 Å². The van der Waals surface area contributed by atoms with E-state index >= 15 is 0 Å². The third-order valence-corrected chi connectivity index (χ3v) is 3.60. The van der Waals surface area contributed by atoms with Crippen LogP contribution in [0, 0.1) is 19.8 Å². The van der Waals surface area contributed by atoms with Crippen LogP contribution < -0.4 is 5.32 Å². The minimum absolute atomic E-state index is 0.433. The smallest absolute Gasteiger partial charge is 0.0297 e. The lowest BCUT2D eigenvalue weighted by molar-refractivity contribution is 0.355. The molecule has 0 aliphatic heterocycles. The van der Waals surface area contributed by atoms with Gasteiger partial charge in [-0.1, -0.05) is 44.5 Å². The molecule has 96 valence electrons. The molecule has 0 radical (unpaired) electrons. The zero-order chi connectivity index (χ0) is 13.0. The number of benzene rings is 1. The zero-order valence-corrected chi connectivity index (χ0v) is 12.2. The molecule has 2 unspecified atom stereocenters. The topological polar surface area (TPSA) is 12.0 Å². The SMILES string of the molecule is CCC(NC(C)c1ccc(C)cc1C)C(C)C. The van der Waals surface area contributed by atoms with E-state index in [2.05, 4.69) is 65.1 Å². The van der Waals surface area contributed by atoms with Crippen LogP contribution in [0.1, 0.15) is 56.8 Å². The molecule has 1 heteroatoms. The summed E-state index contributed by atoms with van der Waals surface area (Å²) >= 11 is 0. The lowest BCUT2D eigenvalue weighted by atomic mass is 9.96. The Morgan fingerprint density at radius 1 is 1.12 bits per heavy atom. The van der Waals surface area contributed by atoms with Gasteiger partial charge in [0.2, 0.25) is 0 Å². The Hall–Kier alpha value is -0.820. The average molecular weight is 233 g/mol. The van der Waals surface area contributed by atoms with Crippen molar-refractivity contribution in [3.8, 4) is 0 Å². The average Bonchev–Trinajstić information content (AvgIpc) is 2.24. The fraction of sp³-hybridized carbons (Fsp3) is 0.625. The number of hydrogen-bond donors (Lipinski definition) is 1. The Bertz CT molecular complexity index is 355. The fourth-order valence-corrected chi connectivity index (χ4v) is 2.50. The van der Waals surface area contributed by atoms with E-state index < -0.39 is 0 Å². The van der Waals surface area contributed by atoms with Gasteiger partial charge in [0.1, 0.15) is 0 Å². The standard InChI is InChI=1S/C16H27N/c1-7-16(11(2)3)17-14(6)15-9-8-12(4)10-13(15)5/h8-11,14,16-17H,7H2,1-6H3. The van der Waals surface area contributed by atoms with Crippen molar-refractivity contribution in [2.45, 2.75) is 60.0 Å². The summed E-state index contributed by atoms with van der Waals surface area (Å²) in [5.74, 6) is 0.688. The summed E-state index contributed by atoms with van der Waals surface area (Å²) in [7, 11) is 0. The number of nitrogens with one attached hydrogen (secondary N) is 1. The van der Waals surface area contributed by atoms with Crippen molar-refractivity contribution in [1.82, 2.24) is 5.32 Å². The van der Waals surface area contributed by atoms with Gasteiger partial charge in [0, 0.05) is 12.1 Å². The van der Waals surface area contributed by atoms with E-state index in [0.717, 1.165) is 0 Å². The second-order valence-corrected chi connectivity index (χ2v) is 5.51. The molecule has 0 saturated carbocycles. The van der Waals surface area contributed by atoms with E-state index in [1.54, 1.807) is 0 Å². The van der Waals surface area contributed by atoms with Gasteiger partial charge in [-0.3, -0.25) is 0 Å². The lowest BCUT2D eigenvalue weighted by Gasteiger charge is -2.26. The summed E-state index contributed by atoms with van der Waals surface area (Å²) in [6, 6.07) is 7.77. The minimum Gasteiger partial charge on any atom is -0.307 e. The van der Waals surface area contributed by atoms with E-state index in [0.29, 0.717) is 18.0 Å².